The third-order valence-corrected chi connectivity index (χ3v) is 1.91. The second-order valence-corrected chi connectivity index (χ2v) is 3.33. The summed E-state index contributed by atoms with van der Waals surface area (Å²) in [6.45, 7) is 0.790. The Hall–Kier alpha value is -1.14. The predicted octanol–water partition coefficient (Wildman–Crippen LogP) is -0.933. The highest BCUT2D eigenvalue weighted by molar-refractivity contribution is 5.78. The highest BCUT2D eigenvalue weighted by Crippen LogP contribution is 1.98. The molecule has 5 N–H and O–H groups in total. The average molecular weight is 218 g/mol. The lowest BCUT2D eigenvalue weighted by Gasteiger charge is -2.07. The standard InChI is InChI=1S/C9H18N2O4/c10-9(15)7(12)6-11-5-3-1-2-4-8(13)14/h7,11-12H,1-6H2,(H2,10,15)(H,13,14). The van der Waals surface area contributed by atoms with Gasteiger partial charge in [0.2, 0.25) is 5.91 Å². The molecule has 0 aromatic rings. The number of carbonyl (C=O) groups excluding carboxylic acids is 1. The summed E-state index contributed by atoms with van der Waals surface area (Å²) in [6, 6.07) is 0. The molecule has 6 heteroatoms. The molecule has 0 aliphatic heterocycles. The smallest absolute Gasteiger partial charge is 0.303 e. The van der Waals surface area contributed by atoms with E-state index in [1.807, 2.05) is 0 Å². The van der Waals surface area contributed by atoms with E-state index >= 15 is 0 Å². The van der Waals surface area contributed by atoms with E-state index in [9.17, 15) is 9.59 Å². The van der Waals surface area contributed by atoms with E-state index in [0.717, 1.165) is 12.8 Å². The van der Waals surface area contributed by atoms with Gasteiger partial charge < -0.3 is 21.3 Å². The van der Waals surface area contributed by atoms with E-state index in [1.54, 1.807) is 0 Å². The number of aliphatic hydroxyl groups is 1. The Morgan fingerprint density at radius 2 is 1.93 bits per heavy atom. The molecule has 15 heavy (non-hydrogen) atoms. The molecular weight excluding hydrogens is 200 g/mol. The minimum atomic E-state index is -1.15. The van der Waals surface area contributed by atoms with Crippen LogP contribution in [0.25, 0.3) is 0 Å². The molecule has 88 valence electrons. The Bertz CT molecular complexity index is 208. The van der Waals surface area contributed by atoms with E-state index < -0.39 is 18.0 Å². The molecular formula is C9H18N2O4. The molecule has 0 saturated heterocycles. The largest absolute Gasteiger partial charge is 0.481 e. The summed E-state index contributed by atoms with van der Waals surface area (Å²) in [7, 11) is 0. The molecule has 1 unspecified atom stereocenters. The van der Waals surface area contributed by atoms with Crippen LogP contribution in [-0.2, 0) is 9.59 Å². The van der Waals surface area contributed by atoms with Gasteiger partial charge >= 0.3 is 5.97 Å². The summed E-state index contributed by atoms with van der Waals surface area (Å²) in [5.74, 6) is -1.53. The molecule has 0 spiro atoms. The lowest BCUT2D eigenvalue weighted by atomic mass is 10.2. The van der Waals surface area contributed by atoms with Crippen LogP contribution in [0.15, 0.2) is 0 Å². The summed E-state index contributed by atoms with van der Waals surface area (Å²) >= 11 is 0. The van der Waals surface area contributed by atoms with Crippen LogP contribution in [0.5, 0.6) is 0 Å². The number of aliphatic carboxylic acids is 1. The number of hydrogen-bond donors (Lipinski definition) is 4. The first-order chi connectivity index (χ1) is 7.04. The van der Waals surface area contributed by atoms with E-state index in [1.165, 1.54) is 0 Å². The molecule has 0 aliphatic rings. The van der Waals surface area contributed by atoms with Crippen LogP contribution in [0.2, 0.25) is 0 Å². The number of carboxylic acid groups (broad SMARTS) is 1. The topological polar surface area (TPSA) is 113 Å². The van der Waals surface area contributed by atoms with Crippen LogP contribution in [0.4, 0.5) is 0 Å². The molecule has 1 atom stereocenters. The maximum Gasteiger partial charge on any atom is 0.303 e. The van der Waals surface area contributed by atoms with Gasteiger partial charge in [0, 0.05) is 13.0 Å². The number of carboxylic acids is 1. The first-order valence-electron chi connectivity index (χ1n) is 4.94. The number of aliphatic hydroxyl groups excluding tert-OH is 1. The van der Waals surface area contributed by atoms with Gasteiger partial charge in [-0.2, -0.15) is 0 Å². The number of unbranched alkanes of at least 4 members (excludes halogenated alkanes) is 2. The van der Waals surface area contributed by atoms with Gasteiger partial charge in [-0.1, -0.05) is 6.42 Å². The van der Waals surface area contributed by atoms with Gasteiger partial charge in [0.15, 0.2) is 0 Å². The lowest BCUT2D eigenvalue weighted by Crippen LogP contribution is -2.37. The maximum absolute atomic E-state index is 10.4. The van der Waals surface area contributed by atoms with E-state index in [0.29, 0.717) is 13.0 Å². The molecule has 0 bridgehead atoms. The first kappa shape index (κ1) is 13.9. The zero-order valence-corrected chi connectivity index (χ0v) is 8.61. The van der Waals surface area contributed by atoms with Gasteiger partial charge in [0.1, 0.15) is 6.10 Å². The van der Waals surface area contributed by atoms with Crippen molar-refractivity contribution in [3.05, 3.63) is 0 Å². The minimum absolute atomic E-state index is 0.147. The molecule has 0 aromatic heterocycles. The highest BCUT2D eigenvalue weighted by Gasteiger charge is 2.08. The number of hydrogen-bond acceptors (Lipinski definition) is 4. The van der Waals surface area contributed by atoms with Crippen LogP contribution in [-0.4, -0.2) is 41.3 Å². The summed E-state index contributed by atoms with van der Waals surface area (Å²) in [5.41, 5.74) is 4.84. The summed E-state index contributed by atoms with van der Waals surface area (Å²) in [6.07, 6.45) is 1.31. The number of amides is 1. The van der Waals surface area contributed by atoms with Gasteiger partial charge in [0.25, 0.3) is 0 Å². The van der Waals surface area contributed by atoms with Crippen LogP contribution in [0.1, 0.15) is 25.7 Å². The summed E-state index contributed by atoms with van der Waals surface area (Å²) in [4.78, 5) is 20.6. The second kappa shape index (κ2) is 8.19. The van der Waals surface area contributed by atoms with E-state index in [-0.39, 0.29) is 13.0 Å². The van der Waals surface area contributed by atoms with Gasteiger partial charge in [-0.25, -0.2) is 0 Å². The van der Waals surface area contributed by atoms with Crippen LogP contribution in [0.3, 0.4) is 0 Å². The number of nitrogens with two attached hydrogens (primary N) is 1. The van der Waals surface area contributed by atoms with Crippen molar-refractivity contribution in [2.75, 3.05) is 13.1 Å². The average Bonchev–Trinajstić information content (AvgIpc) is 2.15. The van der Waals surface area contributed by atoms with Crippen LogP contribution < -0.4 is 11.1 Å². The van der Waals surface area contributed by atoms with Crippen LogP contribution in [0, 0.1) is 0 Å². The molecule has 0 rings (SSSR count). The molecule has 1 amide bonds. The number of primary amides is 1. The normalized spacial score (nSPS) is 12.3. The van der Waals surface area contributed by atoms with Crippen molar-refractivity contribution in [2.45, 2.75) is 31.8 Å². The van der Waals surface area contributed by atoms with Crippen molar-refractivity contribution in [1.82, 2.24) is 5.32 Å². The van der Waals surface area contributed by atoms with Crippen molar-refractivity contribution in [3.8, 4) is 0 Å². The number of rotatable bonds is 9. The maximum atomic E-state index is 10.4. The third-order valence-electron chi connectivity index (χ3n) is 1.91. The highest BCUT2D eigenvalue weighted by atomic mass is 16.4. The second-order valence-electron chi connectivity index (χ2n) is 3.33. The van der Waals surface area contributed by atoms with Gasteiger partial charge in [-0.15, -0.1) is 0 Å². The Balaban J connectivity index is 3.18. The van der Waals surface area contributed by atoms with Crippen molar-refractivity contribution in [3.63, 3.8) is 0 Å². The number of nitrogens with one attached hydrogen (secondary N) is 1. The summed E-state index contributed by atoms with van der Waals surface area (Å²) in [5, 5.41) is 20.2. The number of carbonyl (C=O) groups is 2. The van der Waals surface area contributed by atoms with Crippen LogP contribution >= 0.6 is 0 Å². The predicted molar refractivity (Wildman–Crippen MR) is 54.2 cm³/mol. The Morgan fingerprint density at radius 1 is 1.27 bits per heavy atom. The van der Waals surface area contributed by atoms with E-state index in [4.69, 9.17) is 15.9 Å². The molecule has 0 aromatic carbocycles. The quantitative estimate of drug-likeness (QED) is 0.373. The molecule has 6 nitrogen and oxygen atoms in total. The van der Waals surface area contributed by atoms with Gasteiger partial charge in [-0.3, -0.25) is 9.59 Å². The van der Waals surface area contributed by atoms with Crippen molar-refractivity contribution >= 4 is 11.9 Å². The molecule has 0 heterocycles. The Kier molecular flexibility index (Phi) is 7.57. The monoisotopic (exact) mass is 218 g/mol. The fraction of sp³-hybridized carbons (Fsp3) is 0.778. The molecule has 0 saturated carbocycles. The SMILES string of the molecule is NC(=O)C(O)CNCCCCCC(=O)O. The fourth-order valence-corrected chi connectivity index (χ4v) is 1.04. The van der Waals surface area contributed by atoms with Crippen molar-refractivity contribution in [1.29, 1.82) is 0 Å². The zero-order chi connectivity index (χ0) is 11.7. The first-order valence-corrected chi connectivity index (χ1v) is 4.94. The van der Waals surface area contributed by atoms with Gasteiger partial charge in [0.05, 0.1) is 0 Å². The minimum Gasteiger partial charge on any atom is -0.481 e. The van der Waals surface area contributed by atoms with Crippen molar-refractivity contribution in [2.24, 2.45) is 5.73 Å². The molecule has 0 radical (unpaired) electrons. The Labute approximate surface area is 88.5 Å². The van der Waals surface area contributed by atoms with Crippen molar-refractivity contribution < 1.29 is 19.8 Å². The molecule has 0 aliphatic carbocycles. The fourth-order valence-electron chi connectivity index (χ4n) is 1.04. The zero-order valence-electron chi connectivity index (χ0n) is 8.61. The lowest BCUT2D eigenvalue weighted by molar-refractivity contribution is -0.137. The Morgan fingerprint density at radius 3 is 2.47 bits per heavy atom. The van der Waals surface area contributed by atoms with E-state index in [2.05, 4.69) is 5.32 Å². The summed E-state index contributed by atoms with van der Waals surface area (Å²) < 4.78 is 0. The molecule has 0 fully saturated rings. The third kappa shape index (κ3) is 9.17. The van der Waals surface area contributed by atoms with Gasteiger partial charge in [-0.05, 0) is 19.4 Å².